The van der Waals surface area contributed by atoms with Gasteiger partial charge in [0.15, 0.2) is 0 Å². The molecule has 0 fully saturated rings. The molecule has 0 aliphatic carbocycles. The van der Waals surface area contributed by atoms with Gasteiger partial charge in [0, 0.05) is 11.7 Å². The predicted octanol–water partition coefficient (Wildman–Crippen LogP) is 3.32. The van der Waals surface area contributed by atoms with Gasteiger partial charge in [0.2, 0.25) is 0 Å². The molecule has 2 aromatic carbocycles. The number of amides is 1. The Balaban J connectivity index is 1.95. The van der Waals surface area contributed by atoms with E-state index in [1.165, 1.54) is 0 Å². The van der Waals surface area contributed by atoms with Gasteiger partial charge in [0.1, 0.15) is 5.75 Å². The quantitative estimate of drug-likeness (QED) is 0.885. The zero-order chi connectivity index (χ0) is 13.7. The Morgan fingerprint density at radius 1 is 1.11 bits per heavy atom. The number of rotatable bonds is 3. The summed E-state index contributed by atoms with van der Waals surface area (Å²) in [5, 5.41) is 2.65. The molecule has 1 atom stereocenters. The average molecular weight is 256 g/mol. The molecule has 1 amide bonds. The SMILES string of the molecule is CC(N)c1ccc(NC(=O)Oc2ccccc2)cc1. The molecule has 3 N–H and O–H groups in total. The summed E-state index contributed by atoms with van der Waals surface area (Å²) in [7, 11) is 0. The van der Waals surface area contributed by atoms with Gasteiger partial charge in [-0.05, 0) is 36.8 Å². The highest BCUT2D eigenvalue weighted by molar-refractivity contribution is 5.86. The molecule has 0 bridgehead atoms. The number of benzene rings is 2. The van der Waals surface area contributed by atoms with Crippen LogP contribution >= 0.6 is 0 Å². The highest BCUT2D eigenvalue weighted by Crippen LogP contribution is 2.15. The van der Waals surface area contributed by atoms with Crippen LogP contribution in [-0.2, 0) is 0 Å². The van der Waals surface area contributed by atoms with Gasteiger partial charge in [0.05, 0.1) is 0 Å². The van der Waals surface area contributed by atoms with E-state index in [0.717, 1.165) is 5.56 Å². The van der Waals surface area contributed by atoms with Gasteiger partial charge in [0.25, 0.3) is 0 Å². The van der Waals surface area contributed by atoms with Crippen molar-refractivity contribution in [2.45, 2.75) is 13.0 Å². The molecule has 0 saturated carbocycles. The number of nitrogens with one attached hydrogen (secondary N) is 1. The Kier molecular flexibility index (Phi) is 4.15. The number of carbonyl (C=O) groups is 1. The van der Waals surface area contributed by atoms with Gasteiger partial charge in [-0.15, -0.1) is 0 Å². The monoisotopic (exact) mass is 256 g/mol. The molecule has 0 heterocycles. The second-order valence-electron chi connectivity index (χ2n) is 4.24. The Morgan fingerprint density at radius 2 is 1.74 bits per heavy atom. The minimum Gasteiger partial charge on any atom is -0.410 e. The van der Waals surface area contributed by atoms with E-state index in [1.54, 1.807) is 36.4 Å². The summed E-state index contributed by atoms with van der Waals surface area (Å²) in [5.41, 5.74) is 7.44. The van der Waals surface area contributed by atoms with Gasteiger partial charge in [-0.25, -0.2) is 4.79 Å². The van der Waals surface area contributed by atoms with E-state index in [9.17, 15) is 4.79 Å². The Labute approximate surface area is 112 Å². The number of anilines is 1. The summed E-state index contributed by atoms with van der Waals surface area (Å²) in [6.45, 7) is 1.91. The van der Waals surface area contributed by atoms with Crippen molar-refractivity contribution in [1.29, 1.82) is 0 Å². The number of nitrogens with two attached hydrogens (primary N) is 1. The van der Waals surface area contributed by atoms with E-state index in [0.29, 0.717) is 11.4 Å². The Bertz CT molecular complexity index is 536. The summed E-state index contributed by atoms with van der Waals surface area (Å²) >= 11 is 0. The van der Waals surface area contributed by atoms with E-state index >= 15 is 0 Å². The maximum absolute atomic E-state index is 11.6. The van der Waals surface area contributed by atoms with Crippen molar-refractivity contribution in [3.8, 4) is 5.75 Å². The molecule has 0 spiro atoms. The summed E-state index contributed by atoms with van der Waals surface area (Å²) in [5.74, 6) is 0.507. The molecule has 0 radical (unpaired) electrons. The number of hydrogen-bond donors (Lipinski definition) is 2. The molecule has 0 aliphatic rings. The highest BCUT2D eigenvalue weighted by atomic mass is 16.6. The normalized spacial score (nSPS) is 11.7. The van der Waals surface area contributed by atoms with E-state index in [-0.39, 0.29) is 6.04 Å². The van der Waals surface area contributed by atoms with Gasteiger partial charge < -0.3 is 10.5 Å². The van der Waals surface area contributed by atoms with Crippen LogP contribution in [0.25, 0.3) is 0 Å². The molecule has 2 aromatic rings. The fourth-order valence-corrected chi connectivity index (χ4v) is 1.61. The first-order valence-electron chi connectivity index (χ1n) is 6.04. The van der Waals surface area contributed by atoms with Crippen molar-refractivity contribution >= 4 is 11.8 Å². The maximum Gasteiger partial charge on any atom is 0.417 e. The third-order valence-corrected chi connectivity index (χ3v) is 2.64. The first-order chi connectivity index (χ1) is 9.15. The Morgan fingerprint density at radius 3 is 2.32 bits per heavy atom. The molecule has 2 rings (SSSR count). The van der Waals surface area contributed by atoms with Crippen LogP contribution in [-0.4, -0.2) is 6.09 Å². The molecule has 0 aromatic heterocycles. The fraction of sp³-hybridized carbons (Fsp3) is 0.133. The Hall–Kier alpha value is -2.33. The van der Waals surface area contributed by atoms with E-state index in [2.05, 4.69) is 5.32 Å². The van der Waals surface area contributed by atoms with Crippen LogP contribution in [0.4, 0.5) is 10.5 Å². The van der Waals surface area contributed by atoms with Gasteiger partial charge in [-0.3, -0.25) is 5.32 Å². The summed E-state index contributed by atoms with van der Waals surface area (Å²) < 4.78 is 5.12. The van der Waals surface area contributed by atoms with Gasteiger partial charge in [-0.2, -0.15) is 0 Å². The van der Waals surface area contributed by atoms with E-state index in [1.807, 2.05) is 25.1 Å². The van der Waals surface area contributed by atoms with Crippen LogP contribution in [0.3, 0.4) is 0 Å². The van der Waals surface area contributed by atoms with Crippen molar-refractivity contribution < 1.29 is 9.53 Å². The van der Waals surface area contributed by atoms with Crippen LogP contribution in [0.15, 0.2) is 54.6 Å². The highest BCUT2D eigenvalue weighted by Gasteiger charge is 2.05. The lowest BCUT2D eigenvalue weighted by Gasteiger charge is -2.08. The molecule has 0 saturated heterocycles. The summed E-state index contributed by atoms with van der Waals surface area (Å²) in [6, 6.07) is 16.2. The molecule has 4 nitrogen and oxygen atoms in total. The standard InChI is InChI=1S/C15H16N2O2/c1-11(16)12-7-9-13(10-8-12)17-15(18)19-14-5-3-2-4-6-14/h2-11H,16H2,1H3,(H,17,18). The lowest BCUT2D eigenvalue weighted by Crippen LogP contribution is -2.16. The first-order valence-corrected chi connectivity index (χ1v) is 6.04. The predicted molar refractivity (Wildman–Crippen MR) is 75.1 cm³/mol. The van der Waals surface area contributed by atoms with Crippen molar-refractivity contribution in [3.05, 3.63) is 60.2 Å². The molecule has 4 heteroatoms. The second-order valence-corrected chi connectivity index (χ2v) is 4.24. The number of hydrogen-bond acceptors (Lipinski definition) is 3. The van der Waals surface area contributed by atoms with Gasteiger partial charge >= 0.3 is 6.09 Å². The third-order valence-electron chi connectivity index (χ3n) is 2.64. The largest absolute Gasteiger partial charge is 0.417 e. The minimum atomic E-state index is -0.514. The van der Waals surface area contributed by atoms with Gasteiger partial charge in [-0.1, -0.05) is 30.3 Å². The molecule has 98 valence electrons. The molecular weight excluding hydrogens is 240 g/mol. The van der Waals surface area contributed by atoms with Crippen LogP contribution in [0, 0.1) is 0 Å². The maximum atomic E-state index is 11.6. The van der Waals surface area contributed by atoms with E-state index < -0.39 is 6.09 Å². The number of ether oxygens (including phenoxy) is 1. The second kappa shape index (κ2) is 6.02. The van der Waals surface area contributed by atoms with Crippen molar-refractivity contribution in [3.63, 3.8) is 0 Å². The lowest BCUT2D eigenvalue weighted by molar-refractivity contribution is 0.215. The average Bonchev–Trinajstić information content (AvgIpc) is 2.40. The molecule has 1 unspecified atom stereocenters. The summed E-state index contributed by atoms with van der Waals surface area (Å²) in [4.78, 5) is 11.6. The smallest absolute Gasteiger partial charge is 0.410 e. The first kappa shape index (κ1) is 13.1. The third kappa shape index (κ3) is 3.82. The van der Waals surface area contributed by atoms with Crippen LogP contribution < -0.4 is 15.8 Å². The molecule has 19 heavy (non-hydrogen) atoms. The van der Waals surface area contributed by atoms with Crippen LogP contribution in [0.5, 0.6) is 5.75 Å². The topological polar surface area (TPSA) is 64.3 Å². The van der Waals surface area contributed by atoms with Crippen molar-refractivity contribution in [2.24, 2.45) is 5.73 Å². The number of carbonyl (C=O) groups excluding carboxylic acids is 1. The zero-order valence-corrected chi connectivity index (χ0v) is 10.7. The van der Waals surface area contributed by atoms with Crippen LogP contribution in [0.1, 0.15) is 18.5 Å². The van der Waals surface area contributed by atoms with Crippen molar-refractivity contribution in [1.82, 2.24) is 0 Å². The fourth-order valence-electron chi connectivity index (χ4n) is 1.61. The molecular formula is C15H16N2O2. The lowest BCUT2D eigenvalue weighted by atomic mass is 10.1. The number of para-hydroxylation sites is 1. The van der Waals surface area contributed by atoms with Crippen molar-refractivity contribution in [2.75, 3.05) is 5.32 Å². The summed E-state index contributed by atoms with van der Waals surface area (Å²) in [6.07, 6.45) is -0.514. The van der Waals surface area contributed by atoms with Crippen LogP contribution in [0.2, 0.25) is 0 Å². The molecule has 0 aliphatic heterocycles. The zero-order valence-electron chi connectivity index (χ0n) is 10.7. The minimum absolute atomic E-state index is 0.0229. The van der Waals surface area contributed by atoms with E-state index in [4.69, 9.17) is 10.5 Å².